The number of nitrogens with two attached hydrogens (primary N) is 1. The van der Waals surface area contributed by atoms with Gasteiger partial charge in [0.25, 0.3) is 0 Å². The first-order valence-corrected chi connectivity index (χ1v) is 7.25. The van der Waals surface area contributed by atoms with Gasteiger partial charge in [0.2, 0.25) is 5.91 Å². The molecule has 4 N–H and O–H groups in total. The number of allylic oxidation sites excluding steroid dienone is 2. The third-order valence-corrected chi connectivity index (χ3v) is 3.36. The predicted molar refractivity (Wildman–Crippen MR) is 84.1 cm³/mol. The second-order valence-corrected chi connectivity index (χ2v) is 5.55. The van der Waals surface area contributed by atoms with Crippen LogP contribution in [0.3, 0.4) is 0 Å². The molecule has 1 aliphatic heterocycles. The molecule has 0 aromatic heterocycles. The summed E-state index contributed by atoms with van der Waals surface area (Å²) in [5.74, 6) is 6.35. The Balaban J connectivity index is 3.09. The SMILES string of the molecule is CCC(O)/C(CNC(=O)C(C)C)=C1/N=C(C)C=C(C)N1N. The number of aliphatic imine (C=N–C) groups is 1. The van der Waals surface area contributed by atoms with E-state index >= 15 is 0 Å². The van der Waals surface area contributed by atoms with Crippen LogP contribution in [0.4, 0.5) is 0 Å². The Hall–Kier alpha value is -1.66. The van der Waals surface area contributed by atoms with Gasteiger partial charge in [-0.1, -0.05) is 20.8 Å². The molecule has 0 saturated heterocycles. The number of amides is 1. The highest BCUT2D eigenvalue weighted by Gasteiger charge is 2.22. The fourth-order valence-electron chi connectivity index (χ4n) is 2.00. The van der Waals surface area contributed by atoms with Crippen LogP contribution in [0.5, 0.6) is 0 Å². The number of hydrogen-bond acceptors (Lipinski definition) is 5. The molecule has 0 spiro atoms. The Labute approximate surface area is 126 Å². The summed E-state index contributed by atoms with van der Waals surface area (Å²) < 4.78 is 0. The van der Waals surface area contributed by atoms with Gasteiger partial charge in [0, 0.05) is 29.4 Å². The van der Waals surface area contributed by atoms with Crippen molar-refractivity contribution in [1.29, 1.82) is 0 Å². The number of hydrogen-bond donors (Lipinski definition) is 3. The van der Waals surface area contributed by atoms with E-state index in [4.69, 9.17) is 5.84 Å². The van der Waals surface area contributed by atoms with Crippen LogP contribution in [0.2, 0.25) is 0 Å². The van der Waals surface area contributed by atoms with E-state index in [2.05, 4.69) is 10.3 Å². The molecule has 1 rings (SSSR count). The molecule has 1 atom stereocenters. The van der Waals surface area contributed by atoms with E-state index in [1.807, 2.05) is 40.7 Å². The van der Waals surface area contributed by atoms with E-state index in [-0.39, 0.29) is 18.4 Å². The highest BCUT2D eigenvalue weighted by Crippen LogP contribution is 2.21. The second-order valence-electron chi connectivity index (χ2n) is 5.55. The minimum Gasteiger partial charge on any atom is -0.389 e. The van der Waals surface area contributed by atoms with Gasteiger partial charge in [-0.3, -0.25) is 9.80 Å². The summed E-state index contributed by atoms with van der Waals surface area (Å²) in [7, 11) is 0. The molecule has 0 fully saturated rings. The van der Waals surface area contributed by atoms with E-state index in [9.17, 15) is 9.90 Å². The van der Waals surface area contributed by atoms with E-state index < -0.39 is 6.10 Å². The fourth-order valence-corrected chi connectivity index (χ4v) is 2.00. The van der Waals surface area contributed by atoms with E-state index in [0.717, 1.165) is 11.4 Å². The van der Waals surface area contributed by atoms with Gasteiger partial charge in [-0.05, 0) is 26.3 Å². The first-order chi connectivity index (χ1) is 9.77. The maximum absolute atomic E-state index is 11.7. The lowest BCUT2D eigenvalue weighted by Gasteiger charge is -2.28. The second kappa shape index (κ2) is 7.38. The van der Waals surface area contributed by atoms with Crippen LogP contribution in [0.25, 0.3) is 0 Å². The molecular formula is C15H26N4O2. The van der Waals surface area contributed by atoms with E-state index in [0.29, 0.717) is 17.8 Å². The molecule has 0 aliphatic carbocycles. The average Bonchev–Trinajstić information content (AvgIpc) is 2.42. The summed E-state index contributed by atoms with van der Waals surface area (Å²) in [4.78, 5) is 16.2. The Morgan fingerprint density at radius 1 is 1.48 bits per heavy atom. The molecule has 6 heteroatoms. The standard InChI is InChI=1S/C15H26N4O2/c1-6-13(20)12(8-17-15(21)9(2)3)14-18-10(4)7-11(5)19(14)16/h7,9,13,20H,6,8,16H2,1-5H3,(H,17,21)/b14-12-. The van der Waals surface area contributed by atoms with Gasteiger partial charge in [-0.15, -0.1) is 0 Å². The lowest BCUT2D eigenvalue weighted by Crippen LogP contribution is -2.37. The van der Waals surface area contributed by atoms with Gasteiger partial charge in [-0.2, -0.15) is 0 Å². The van der Waals surface area contributed by atoms with Gasteiger partial charge in [0.1, 0.15) is 0 Å². The number of aliphatic hydroxyl groups excluding tert-OH is 1. The average molecular weight is 294 g/mol. The van der Waals surface area contributed by atoms with Crippen molar-refractivity contribution < 1.29 is 9.90 Å². The molecule has 1 heterocycles. The van der Waals surface area contributed by atoms with E-state index in [1.165, 1.54) is 5.01 Å². The van der Waals surface area contributed by atoms with Crippen LogP contribution in [0, 0.1) is 5.92 Å². The summed E-state index contributed by atoms with van der Waals surface area (Å²) in [6, 6.07) is 0. The smallest absolute Gasteiger partial charge is 0.222 e. The Morgan fingerprint density at radius 2 is 2.10 bits per heavy atom. The van der Waals surface area contributed by atoms with Crippen LogP contribution >= 0.6 is 0 Å². The lowest BCUT2D eigenvalue weighted by molar-refractivity contribution is -0.123. The molecule has 0 bridgehead atoms. The quantitative estimate of drug-likeness (QED) is 0.666. The van der Waals surface area contributed by atoms with Gasteiger partial charge in [0.05, 0.1) is 6.10 Å². The van der Waals surface area contributed by atoms with Crippen molar-refractivity contribution in [2.45, 2.75) is 47.1 Å². The van der Waals surface area contributed by atoms with Crippen LogP contribution in [0.15, 0.2) is 28.2 Å². The van der Waals surface area contributed by atoms with Crippen molar-refractivity contribution in [1.82, 2.24) is 10.3 Å². The van der Waals surface area contributed by atoms with E-state index in [1.54, 1.807) is 0 Å². The van der Waals surface area contributed by atoms with Gasteiger partial charge >= 0.3 is 0 Å². The molecule has 1 aliphatic rings. The van der Waals surface area contributed by atoms with Crippen molar-refractivity contribution in [3.8, 4) is 0 Å². The zero-order chi connectivity index (χ0) is 16.2. The molecule has 1 amide bonds. The highest BCUT2D eigenvalue weighted by atomic mass is 16.3. The summed E-state index contributed by atoms with van der Waals surface area (Å²) in [5, 5.41) is 14.5. The molecule has 1 unspecified atom stereocenters. The first-order valence-electron chi connectivity index (χ1n) is 7.25. The van der Waals surface area contributed by atoms with Crippen LogP contribution in [-0.2, 0) is 4.79 Å². The molecular weight excluding hydrogens is 268 g/mol. The number of hydrazine groups is 1. The topological polar surface area (TPSA) is 90.9 Å². The molecule has 118 valence electrons. The minimum absolute atomic E-state index is 0.0660. The third kappa shape index (κ3) is 4.41. The fraction of sp³-hybridized carbons (Fsp3) is 0.600. The molecule has 0 saturated carbocycles. The van der Waals surface area contributed by atoms with Crippen molar-refractivity contribution in [3.63, 3.8) is 0 Å². The van der Waals surface area contributed by atoms with Crippen molar-refractivity contribution in [2.75, 3.05) is 6.54 Å². The number of nitrogens with one attached hydrogen (secondary N) is 1. The Bertz CT molecular complexity index is 492. The Kier molecular flexibility index (Phi) is 6.11. The highest BCUT2D eigenvalue weighted by molar-refractivity contribution is 5.94. The first kappa shape index (κ1) is 17.4. The number of nitrogens with zero attached hydrogens (tertiary/aromatic N) is 2. The number of rotatable bonds is 5. The maximum Gasteiger partial charge on any atom is 0.222 e. The summed E-state index contributed by atoms with van der Waals surface area (Å²) in [6.45, 7) is 9.50. The minimum atomic E-state index is -0.694. The molecule has 0 radical (unpaired) electrons. The number of carbonyl (C=O) groups is 1. The summed E-state index contributed by atoms with van der Waals surface area (Å²) in [5.41, 5.74) is 2.29. The zero-order valence-electron chi connectivity index (χ0n) is 13.5. The van der Waals surface area contributed by atoms with Crippen LogP contribution in [-0.4, -0.2) is 34.4 Å². The summed E-state index contributed by atoms with van der Waals surface area (Å²) >= 11 is 0. The third-order valence-electron chi connectivity index (χ3n) is 3.36. The normalized spacial score (nSPS) is 19.1. The molecule has 0 aromatic rings. The number of carbonyl (C=O) groups excluding carboxylic acids is 1. The molecule has 6 nitrogen and oxygen atoms in total. The van der Waals surface area contributed by atoms with Gasteiger partial charge < -0.3 is 10.4 Å². The predicted octanol–water partition coefficient (Wildman–Crippen LogP) is 1.30. The molecule has 0 aromatic carbocycles. The van der Waals surface area contributed by atoms with Crippen molar-refractivity contribution in [2.24, 2.45) is 16.8 Å². The zero-order valence-corrected chi connectivity index (χ0v) is 13.5. The largest absolute Gasteiger partial charge is 0.389 e. The molecule has 21 heavy (non-hydrogen) atoms. The van der Waals surface area contributed by atoms with Crippen molar-refractivity contribution in [3.05, 3.63) is 23.2 Å². The lowest BCUT2D eigenvalue weighted by atomic mass is 10.1. The van der Waals surface area contributed by atoms with Crippen molar-refractivity contribution >= 4 is 11.6 Å². The van der Waals surface area contributed by atoms with Crippen LogP contribution < -0.4 is 11.2 Å². The van der Waals surface area contributed by atoms with Gasteiger partial charge in [-0.25, -0.2) is 10.8 Å². The summed E-state index contributed by atoms with van der Waals surface area (Å²) in [6.07, 6.45) is 1.70. The van der Waals surface area contributed by atoms with Gasteiger partial charge in [0.15, 0.2) is 5.82 Å². The monoisotopic (exact) mass is 294 g/mol. The van der Waals surface area contributed by atoms with Crippen LogP contribution in [0.1, 0.15) is 41.0 Å². The Morgan fingerprint density at radius 3 is 2.62 bits per heavy atom. The maximum atomic E-state index is 11.7. The number of aliphatic hydroxyl groups is 1.